The standard InChI is InChI=1S/C23H26N2O3S/c1-24-22-7-3-5-19(25-22)12-13-28-20-10-8-17(9-11-20)15-18(16-23(26)27-2)21-6-4-14-29-21/h3-11,14,18H,12-13,15-16H2,1-2H3,(H,24,25). The number of anilines is 1. The number of methoxy groups -OCH3 is 1. The number of pyridine rings is 1. The SMILES string of the molecule is CNc1cccc(CCOc2ccc(CC(CC(=O)OC)c3cccs3)cc2)n1. The maximum absolute atomic E-state index is 11.8. The van der Waals surface area contributed by atoms with E-state index in [0.717, 1.165) is 30.1 Å². The number of hydrogen-bond donors (Lipinski definition) is 1. The van der Waals surface area contributed by atoms with E-state index in [1.807, 2.05) is 48.8 Å². The molecular weight excluding hydrogens is 384 g/mol. The van der Waals surface area contributed by atoms with E-state index in [4.69, 9.17) is 9.47 Å². The summed E-state index contributed by atoms with van der Waals surface area (Å²) in [7, 11) is 3.29. The zero-order valence-electron chi connectivity index (χ0n) is 16.8. The highest BCUT2D eigenvalue weighted by Crippen LogP contribution is 2.29. The number of nitrogens with one attached hydrogen (secondary N) is 1. The van der Waals surface area contributed by atoms with Crippen LogP contribution < -0.4 is 10.1 Å². The van der Waals surface area contributed by atoms with Crippen molar-refractivity contribution < 1.29 is 14.3 Å². The minimum Gasteiger partial charge on any atom is -0.493 e. The average molecular weight is 411 g/mol. The molecule has 0 radical (unpaired) electrons. The van der Waals surface area contributed by atoms with Gasteiger partial charge in [-0.05, 0) is 47.7 Å². The fourth-order valence-electron chi connectivity index (χ4n) is 3.12. The molecule has 6 heteroatoms. The molecule has 3 rings (SSSR count). The number of ether oxygens (including phenoxy) is 2. The van der Waals surface area contributed by atoms with E-state index < -0.39 is 0 Å². The summed E-state index contributed by atoms with van der Waals surface area (Å²) < 4.78 is 10.7. The molecule has 0 amide bonds. The van der Waals surface area contributed by atoms with Crippen LogP contribution in [0.15, 0.2) is 60.0 Å². The van der Waals surface area contributed by atoms with Crippen molar-refractivity contribution in [1.29, 1.82) is 0 Å². The third-order valence-electron chi connectivity index (χ3n) is 4.68. The molecule has 152 valence electrons. The molecule has 2 aromatic heterocycles. The highest BCUT2D eigenvalue weighted by atomic mass is 32.1. The fourth-order valence-corrected chi connectivity index (χ4v) is 3.95. The zero-order chi connectivity index (χ0) is 20.5. The topological polar surface area (TPSA) is 60.5 Å². The maximum atomic E-state index is 11.8. The fraction of sp³-hybridized carbons (Fsp3) is 0.304. The van der Waals surface area contributed by atoms with E-state index in [2.05, 4.69) is 28.5 Å². The Morgan fingerprint density at radius 2 is 1.97 bits per heavy atom. The Labute approximate surface area is 175 Å². The molecule has 1 unspecified atom stereocenters. The lowest BCUT2D eigenvalue weighted by atomic mass is 9.94. The number of esters is 1. The number of rotatable bonds is 10. The lowest BCUT2D eigenvalue weighted by molar-refractivity contribution is -0.141. The molecule has 1 N–H and O–H groups in total. The molecule has 0 aliphatic heterocycles. The van der Waals surface area contributed by atoms with Crippen molar-refractivity contribution in [2.75, 3.05) is 26.1 Å². The minimum atomic E-state index is -0.181. The van der Waals surface area contributed by atoms with Gasteiger partial charge in [0.15, 0.2) is 0 Å². The van der Waals surface area contributed by atoms with Crippen LogP contribution >= 0.6 is 11.3 Å². The summed E-state index contributed by atoms with van der Waals surface area (Å²) in [4.78, 5) is 17.5. The number of hydrogen-bond acceptors (Lipinski definition) is 6. The molecule has 1 atom stereocenters. The average Bonchev–Trinajstić information content (AvgIpc) is 3.29. The van der Waals surface area contributed by atoms with Crippen LogP contribution in [0.5, 0.6) is 5.75 Å². The number of aromatic nitrogens is 1. The predicted molar refractivity (Wildman–Crippen MR) is 117 cm³/mol. The van der Waals surface area contributed by atoms with Crippen molar-refractivity contribution in [3.05, 3.63) is 76.1 Å². The Morgan fingerprint density at radius 1 is 1.14 bits per heavy atom. The Hall–Kier alpha value is -2.86. The van der Waals surface area contributed by atoms with Gasteiger partial charge in [0.25, 0.3) is 0 Å². The molecule has 5 nitrogen and oxygen atoms in total. The van der Waals surface area contributed by atoms with Gasteiger partial charge in [0.2, 0.25) is 0 Å². The van der Waals surface area contributed by atoms with Crippen LogP contribution in [0.1, 0.15) is 28.5 Å². The van der Waals surface area contributed by atoms with Gasteiger partial charge in [0.1, 0.15) is 11.6 Å². The molecule has 3 aromatic rings. The van der Waals surface area contributed by atoms with E-state index in [1.165, 1.54) is 17.6 Å². The molecule has 0 spiro atoms. The van der Waals surface area contributed by atoms with Gasteiger partial charge in [-0.1, -0.05) is 24.3 Å². The highest BCUT2D eigenvalue weighted by Gasteiger charge is 2.18. The van der Waals surface area contributed by atoms with Crippen molar-refractivity contribution in [2.45, 2.75) is 25.2 Å². The number of thiophene rings is 1. The second kappa shape index (κ2) is 10.6. The summed E-state index contributed by atoms with van der Waals surface area (Å²) in [6.45, 7) is 0.569. The zero-order valence-corrected chi connectivity index (χ0v) is 17.6. The number of carbonyl (C=O) groups excluding carboxylic acids is 1. The highest BCUT2D eigenvalue weighted by molar-refractivity contribution is 7.10. The van der Waals surface area contributed by atoms with Gasteiger partial charge in [-0.3, -0.25) is 4.79 Å². The number of carbonyl (C=O) groups is 1. The smallest absolute Gasteiger partial charge is 0.306 e. The molecule has 0 saturated carbocycles. The molecular formula is C23H26N2O3S. The van der Waals surface area contributed by atoms with Gasteiger partial charge in [-0.25, -0.2) is 4.98 Å². The Morgan fingerprint density at radius 3 is 2.66 bits per heavy atom. The molecule has 0 saturated heterocycles. The summed E-state index contributed by atoms with van der Waals surface area (Å²) in [6.07, 6.45) is 1.92. The molecule has 2 heterocycles. The molecule has 0 aliphatic carbocycles. The van der Waals surface area contributed by atoms with Crippen LogP contribution in [0.3, 0.4) is 0 Å². The lowest BCUT2D eigenvalue weighted by Crippen LogP contribution is -2.10. The summed E-state index contributed by atoms with van der Waals surface area (Å²) in [5, 5.41) is 5.08. The quantitative estimate of drug-likeness (QED) is 0.491. The first-order valence-corrected chi connectivity index (χ1v) is 10.5. The lowest BCUT2D eigenvalue weighted by Gasteiger charge is -2.15. The summed E-state index contributed by atoms with van der Waals surface area (Å²) in [6, 6.07) is 18.1. The normalized spacial score (nSPS) is 11.7. The summed E-state index contributed by atoms with van der Waals surface area (Å²) in [5.41, 5.74) is 2.16. The largest absolute Gasteiger partial charge is 0.493 e. The Balaban J connectivity index is 1.55. The van der Waals surface area contributed by atoms with Crippen molar-refractivity contribution in [3.8, 4) is 5.75 Å². The maximum Gasteiger partial charge on any atom is 0.306 e. The second-order valence-corrected chi connectivity index (χ2v) is 7.68. The van der Waals surface area contributed by atoms with Crippen molar-refractivity contribution in [1.82, 2.24) is 4.98 Å². The van der Waals surface area contributed by atoms with Crippen LogP contribution in [-0.2, 0) is 22.4 Å². The predicted octanol–water partition coefficient (Wildman–Crippen LogP) is 4.70. The molecule has 29 heavy (non-hydrogen) atoms. The van der Waals surface area contributed by atoms with Gasteiger partial charge in [0, 0.05) is 30.0 Å². The Kier molecular flexibility index (Phi) is 7.64. The van der Waals surface area contributed by atoms with E-state index in [9.17, 15) is 4.79 Å². The van der Waals surface area contributed by atoms with Gasteiger partial charge in [0.05, 0.1) is 20.1 Å². The van der Waals surface area contributed by atoms with E-state index in [1.54, 1.807) is 11.3 Å². The third kappa shape index (κ3) is 6.32. The summed E-state index contributed by atoms with van der Waals surface area (Å²) in [5.74, 6) is 1.64. The number of nitrogens with zero attached hydrogens (tertiary/aromatic N) is 1. The van der Waals surface area contributed by atoms with E-state index in [0.29, 0.717) is 13.0 Å². The van der Waals surface area contributed by atoms with Crippen LogP contribution in [0.25, 0.3) is 0 Å². The van der Waals surface area contributed by atoms with Crippen LogP contribution in [0.2, 0.25) is 0 Å². The molecule has 1 aromatic carbocycles. The van der Waals surface area contributed by atoms with Crippen LogP contribution in [0, 0.1) is 0 Å². The van der Waals surface area contributed by atoms with Gasteiger partial charge >= 0.3 is 5.97 Å². The first kappa shape index (κ1) is 20.9. The van der Waals surface area contributed by atoms with Gasteiger partial charge in [-0.15, -0.1) is 11.3 Å². The van der Waals surface area contributed by atoms with Crippen molar-refractivity contribution in [3.63, 3.8) is 0 Å². The Bertz CT molecular complexity index is 895. The first-order valence-electron chi connectivity index (χ1n) is 9.63. The number of benzene rings is 1. The minimum absolute atomic E-state index is 0.125. The van der Waals surface area contributed by atoms with E-state index >= 15 is 0 Å². The first-order chi connectivity index (χ1) is 14.2. The second-order valence-electron chi connectivity index (χ2n) is 6.70. The third-order valence-corrected chi connectivity index (χ3v) is 5.72. The monoisotopic (exact) mass is 410 g/mol. The van der Waals surface area contributed by atoms with Crippen molar-refractivity contribution >= 4 is 23.1 Å². The van der Waals surface area contributed by atoms with Crippen LogP contribution in [-0.4, -0.2) is 31.7 Å². The molecule has 0 aliphatic rings. The molecule has 0 fully saturated rings. The summed E-state index contributed by atoms with van der Waals surface area (Å²) >= 11 is 1.67. The van der Waals surface area contributed by atoms with Gasteiger partial charge < -0.3 is 14.8 Å². The van der Waals surface area contributed by atoms with Gasteiger partial charge in [-0.2, -0.15) is 0 Å². The van der Waals surface area contributed by atoms with Crippen molar-refractivity contribution in [2.24, 2.45) is 0 Å². The van der Waals surface area contributed by atoms with Crippen LogP contribution in [0.4, 0.5) is 5.82 Å². The van der Waals surface area contributed by atoms with E-state index in [-0.39, 0.29) is 11.9 Å². The molecule has 0 bridgehead atoms.